The molecule has 1 aromatic rings. The van der Waals surface area contributed by atoms with Crippen molar-refractivity contribution in [1.29, 1.82) is 0 Å². The molecule has 6 heteroatoms. The third kappa shape index (κ3) is 2.28. The minimum atomic E-state index is -0.533. The summed E-state index contributed by atoms with van der Waals surface area (Å²) in [6.07, 6.45) is 0. The molecule has 0 aliphatic carbocycles. The number of esters is 1. The minimum Gasteiger partial charge on any atom is -0.465 e. The zero-order chi connectivity index (χ0) is 12.6. The molecule has 1 aromatic carbocycles. The average molecular weight is 320 g/mol. The molecule has 3 nitrogen and oxygen atoms in total. The summed E-state index contributed by atoms with van der Waals surface area (Å²) < 4.78 is 18.7. The lowest BCUT2D eigenvalue weighted by Crippen LogP contribution is -2.24. The number of carbonyl (C=O) groups is 1. The first kappa shape index (κ1) is 12.7. The predicted molar refractivity (Wildman–Crippen MR) is 69.2 cm³/mol. The monoisotopic (exact) mass is 319 g/mol. The average Bonchev–Trinajstić information content (AvgIpc) is 2.32. The van der Waals surface area contributed by atoms with Crippen LogP contribution in [0.25, 0.3) is 0 Å². The summed E-state index contributed by atoms with van der Waals surface area (Å²) in [7, 11) is 1.29. The Labute approximate surface area is 111 Å². The van der Waals surface area contributed by atoms with Gasteiger partial charge in [0.1, 0.15) is 5.82 Å². The second-order valence-corrected chi connectivity index (χ2v) is 5.60. The van der Waals surface area contributed by atoms with Crippen LogP contribution in [0.15, 0.2) is 15.4 Å². The number of benzene rings is 1. The number of thioether (sulfide) groups is 1. The number of nitrogens with one attached hydrogen (secondary N) is 1. The summed E-state index contributed by atoms with van der Waals surface area (Å²) in [4.78, 5) is 12.3. The molecule has 0 unspecified atom stereocenters. The van der Waals surface area contributed by atoms with E-state index in [4.69, 9.17) is 0 Å². The topological polar surface area (TPSA) is 38.3 Å². The molecule has 1 aliphatic heterocycles. The van der Waals surface area contributed by atoms with E-state index in [2.05, 4.69) is 26.0 Å². The maximum Gasteiger partial charge on any atom is 0.340 e. The van der Waals surface area contributed by atoms with Crippen LogP contribution in [0.4, 0.5) is 10.1 Å². The molecule has 0 amide bonds. The number of fused-ring (bicyclic) bond motifs is 1. The van der Waals surface area contributed by atoms with Gasteiger partial charge in [-0.2, -0.15) is 0 Å². The predicted octanol–water partition coefficient (Wildman–Crippen LogP) is 3.28. The Morgan fingerprint density at radius 3 is 3.06 bits per heavy atom. The second kappa shape index (κ2) is 4.86. The molecule has 0 spiro atoms. The van der Waals surface area contributed by atoms with Crippen LogP contribution in [0.2, 0.25) is 0 Å². The van der Waals surface area contributed by atoms with Gasteiger partial charge in [-0.3, -0.25) is 0 Å². The first-order chi connectivity index (χ1) is 8.04. The standard InChI is InChI=1S/C11H11BrFNO2S/c1-5-4-17-10-8(12)7(13)3-6(9(10)14-5)11(15)16-2/h3,5,14H,4H2,1-2H3/t5-/m0/s1. The maximum absolute atomic E-state index is 13.7. The Morgan fingerprint density at radius 2 is 2.41 bits per heavy atom. The van der Waals surface area contributed by atoms with Crippen molar-refractivity contribution in [1.82, 2.24) is 0 Å². The fourth-order valence-corrected chi connectivity index (χ4v) is 3.34. The molecule has 0 saturated carbocycles. The van der Waals surface area contributed by atoms with E-state index in [-0.39, 0.29) is 11.6 Å². The Bertz CT molecular complexity index is 481. The van der Waals surface area contributed by atoms with Gasteiger partial charge in [-0.1, -0.05) is 0 Å². The second-order valence-electron chi connectivity index (χ2n) is 3.77. The molecule has 1 N–H and O–H groups in total. The third-order valence-electron chi connectivity index (χ3n) is 2.45. The lowest BCUT2D eigenvalue weighted by Gasteiger charge is -2.26. The van der Waals surface area contributed by atoms with Crippen molar-refractivity contribution < 1.29 is 13.9 Å². The largest absolute Gasteiger partial charge is 0.465 e. The van der Waals surface area contributed by atoms with Crippen molar-refractivity contribution in [3.05, 3.63) is 21.9 Å². The Hall–Kier alpha value is -0.750. The number of ether oxygens (including phenoxy) is 1. The maximum atomic E-state index is 13.7. The van der Waals surface area contributed by atoms with Crippen LogP contribution >= 0.6 is 27.7 Å². The van der Waals surface area contributed by atoms with Gasteiger partial charge < -0.3 is 10.1 Å². The van der Waals surface area contributed by atoms with E-state index < -0.39 is 11.8 Å². The minimum absolute atomic E-state index is 0.230. The van der Waals surface area contributed by atoms with E-state index in [0.29, 0.717) is 10.2 Å². The van der Waals surface area contributed by atoms with Gasteiger partial charge in [-0.25, -0.2) is 9.18 Å². The van der Waals surface area contributed by atoms with Gasteiger partial charge >= 0.3 is 5.97 Å². The van der Waals surface area contributed by atoms with Crippen molar-refractivity contribution in [3.63, 3.8) is 0 Å². The van der Waals surface area contributed by atoms with E-state index in [1.165, 1.54) is 24.9 Å². The Balaban J connectivity index is 2.60. The fraction of sp³-hybridized carbons (Fsp3) is 0.364. The summed E-state index contributed by atoms with van der Waals surface area (Å²) >= 11 is 4.73. The quantitative estimate of drug-likeness (QED) is 0.806. The highest BCUT2D eigenvalue weighted by Gasteiger charge is 2.26. The van der Waals surface area contributed by atoms with Crippen LogP contribution in [0.5, 0.6) is 0 Å². The number of methoxy groups -OCH3 is 1. The molecule has 1 aliphatic rings. The van der Waals surface area contributed by atoms with Crippen LogP contribution in [-0.2, 0) is 4.74 Å². The van der Waals surface area contributed by atoms with Crippen molar-refractivity contribution in [2.75, 3.05) is 18.2 Å². The SMILES string of the molecule is COC(=O)c1cc(F)c(Br)c2c1N[C@@H](C)CS2. The van der Waals surface area contributed by atoms with Gasteiger partial charge in [0.25, 0.3) is 0 Å². The van der Waals surface area contributed by atoms with Crippen molar-refractivity contribution >= 4 is 39.3 Å². The molecular formula is C11H11BrFNO2S. The smallest absolute Gasteiger partial charge is 0.340 e. The van der Waals surface area contributed by atoms with E-state index in [0.717, 1.165) is 10.6 Å². The Kier molecular flexibility index (Phi) is 3.63. The zero-order valence-corrected chi connectivity index (χ0v) is 11.7. The van der Waals surface area contributed by atoms with Crippen molar-refractivity contribution in [2.45, 2.75) is 17.9 Å². The number of rotatable bonds is 1. The molecule has 0 aromatic heterocycles. The van der Waals surface area contributed by atoms with Crippen LogP contribution in [0.1, 0.15) is 17.3 Å². The summed E-state index contributed by atoms with van der Waals surface area (Å²) in [5.41, 5.74) is 0.885. The van der Waals surface area contributed by atoms with E-state index >= 15 is 0 Å². The van der Waals surface area contributed by atoms with Crippen LogP contribution < -0.4 is 5.32 Å². The normalized spacial score (nSPS) is 18.2. The van der Waals surface area contributed by atoms with E-state index in [1.54, 1.807) is 0 Å². The molecule has 0 saturated heterocycles. The van der Waals surface area contributed by atoms with Crippen LogP contribution in [0.3, 0.4) is 0 Å². The number of hydrogen-bond donors (Lipinski definition) is 1. The van der Waals surface area contributed by atoms with Crippen LogP contribution in [-0.4, -0.2) is 24.9 Å². The van der Waals surface area contributed by atoms with Gasteiger partial charge in [-0.15, -0.1) is 11.8 Å². The molecule has 2 rings (SSSR count). The molecule has 0 fully saturated rings. The molecule has 92 valence electrons. The highest BCUT2D eigenvalue weighted by Crippen LogP contribution is 2.42. The molecule has 1 heterocycles. The first-order valence-electron chi connectivity index (χ1n) is 5.04. The fourth-order valence-electron chi connectivity index (χ4n) is 1.65. The summed E-state index contributed by atoms with van der Waals surface area (Å²) in [6.45, 7) is 2.01. The highest BCUT2D eigenvalue weighted by atomic mass is 79.9. The lowest BCUT2D eigenvalue weighted by molar-refractivity contribution is 0.0601. The lowest BCUT2D eigenvalue weighted by atomic mass is 10.1. The molecule has 17 heavy (non-hydrogen) atoms. The number of halogens is 2. The van der Waals surface area contributed by atoms with E-state index in [9.17, 15) is 9.18 Å². The zero-order valence-electron chi connectivity index (χ0n) is 9.34. The molecular weight excluding hydrogens is 309 g/mol. The van der Waals surface area contributed by atoms with Gasteiger partial charge in [0, 0.05) is 16.7 Å². The van der Waals surface area contributed by atoms with Gasteiger partial charge in [-0.05, 0) is 28.9 Å². The first-order valence-corrected chi connectivity index (χ1v) is 6.82. The number of carbonyl (C=O) groups excluding carboxylic acids is 1. The Morgan fingerprint density at radius 1 is 1.71 bits per heavy atom. The number of hydrogen-bond acceptors (Lipinski definition) is 4. The molecule has 1 atom stereocenters. The van der Waals surface area contributed by atoms with Gasteiger partial charge in [0.15, 0.2) is 0 Å². The third-order valence-corrected chi connectivity index (χ3v) is 4.85. The summed E-state index contributed by atoms with van der Waals surface area (Å²) in [5, 5.41) is 3.19. The summed E-state index contributed by atoms with van der Waals surface area (Å²) in [5.74, 6) is -0.154. The van der Waals surface area contributed by atoms with Crippen LogP contribution in [0, 0.1) is 5.82 Å². The summed E-state index contributed by atoms with van der Waals surface area (Å²) in [6, 6.07) is 1.42. The highest BCUT2D eigenvalue weighted by molar-refractivity contribution is 9.10. The van der Waals surface area contributed by atoms with Gasteiger partial charge in [0.05, 0.1) is 22.8 Å². The molecule has 0 bridgehead atoms. The number of anilines is 1. The molecule has 0 radical (unpaired) electrons. The van der Waals surface area contributed by atoms with E-state index in [1.807, 2.05) is 6.92 Å². The van der Waals surface area contributed by atoms with Gasteiger partial charge in [0.2, 0.25) is 0 Å². The van der Waals surface area contributed by atoms with Crippen molar-refractivity contribution in [2.24, 2.45) is 0 Å². The van der Waals surface area contributed by atoms with Crippen molar-refractivity contribution in [3.8, 4) is 0 Å².